The number of fused-ring (bicyclic) bond motifs is 1. The van der Waals surface area contributed by atoms with Crippen LogP contribution in [0.2, 0.25) is 10.0 Å². The van der Waals surface area contributed by atoms with Gasteiger partial charge in [-0.05, 0) is 43.9 Å². The summed E-state index contributed by atoms with van der Waals surface area (Å²) >= 11 is 14.9. The highest BCUT2D eigenvalue weighted by Gasteiger charge is 2.28. The highest BCUT2D eigenvalue weighted by atomic mass is 35.5. The number of hydrogen-bond donors (Lipinski definition) is 1. The van der Waals surface area contributed by atoms with Gasteiger partial charge in [0.15, 0.2) is 11.0 Å². The van der Waals surface area contributed by atoms with Gasteiger partial charge in [0, 0.05) is 22.5 Å². The van der Waals surface area contributed by atoms with Crippen LogP contribution in [-0.4, -0.2) is 39.0 Å². The van der Waals surface area contributed by atoms with E-state index in [1.165, 1.54) is 23.1 Å². The summed E-state index contributed by atoms with van der Waals surface area (Å²) in [5.41, 5.74) is 1.48. The van der Waals surface area contributed by atoms with Crippen LogP contribution in [0.25, 0.3) is 0 Å². The smallest absolute Gasteiger partial charge is 0.341 e. The molecule has 2 aromatic heterocycles. The van der Waals surface area contributed by atoms with E-state index in [1.54, 1.807) is 31.2 Å². The quantitative estimate of drug-likeness (QED) is 0.178. The first kappa shape index (κ1) is 26.5. The Bertz CT molecular complexity index is 1290. The first-order valence-electron chi connectivity index (χ1n) is 11.3. The lowest BCUT2D eigenvalue weighted by atomic mass is 10.1. The molecule has 0 spiro atoms. The van der Waals surface area contributed by atoms with Crippen LogP contribution in [-0.2, 0) is 35.5 Å². The minimum atomic E-state index is -0.393. The van der Waals surface area contributed by atoms with Crippen molar-refractivity contribution in [2.75, 3.05) is 17.7 Å². The molecule has 3 aromatic rings. The number of rotatable bonds is 11. The number of benzene rings is 1. The zero-order chi connectivity index (χ0) is 25.7. The maximum Gasteiger partial charge on any atom is 0.341 e. The second kappa shape index (κ2) is 12.1. The molecule has 190 valence electrons. The Balaban J connectivity index is 1.42. The van der Waals surface area contributed by atoms with Crippen LogP contribution >= 0.6 is 46.3 Å². The summed E-state index contributed by atoms with van der Waals surface area (Å²) < 4.78 is 12.8. The van der Waals surface area contributed by atoms with Crippen LogP contribution in [0.1, 0.15) is 40.0 Å². The number of thiophene rings is 1. The molecule has 1 aromatic carbocycles. The van der Waals surface area contributed by atoms with Gasteiger partial charge in [0.25, 0.3) is 0 Å². The Labute approximate surface area is 227 Å². The van der Waals surface area contributed by atoms with Gasteiger partial charge in [-0.2, -0.15) is 0 Å². The molecule has 0 atom stereocenters. The monoisotopic (exact) mass is 566 g/mol. The lowest BCUT2D eigenvalue weighted by Crippen LogP contribution is -2.17. The van der Waals surface area contributed by atoms with Gasteiger partial charge < -0.3 is 14.8 Å². The lowest BCUT2D eigenvalue weighted by molar-refractivity contribution is -0.113. The van der Waals surface area contributed by atoms with E-state index in [-0.39, 0.29) is 24.9 Å². The number of hydrogen-bond acceptors (Lipinski definition) is 8. The van der Waals surface area contributed by atoms with E-state index in [9.17, 15) is 9.59 Å². The van der Waals surface area contributed by atoms with Gasteiger partial charge in [-0.3, -0.25) is 9.36 Å². The highest BCUT2D eigenvalue weighted by molar-refractivity contribution is 7.99. The van der Waals surface area contributed by atoms with Gasteiger partial charge in [0.05, 0.1) is 22.9 Å². The predicted molar refractivity (Wildman–Crippen MR) is 143 cm³/mol. The molecule has 0 radical (unpaired) electrons. The SMILES string of the molecule is C=CCn1c(COc2cc(Cl)ccc2Cl)nnc1SCC(=O)Nc1sc2c(c1C(=O)OCC)CCC2. The molecule has 1 amide bonds. The van der Waals surface area contributed by atoms with Crippen molar-refractivity contribution < 1.29 is 19.1 Å². The van der Waals surface area contributed by atoms with E-state index in [4.69, 9.17) is 32.7 Å². The second-order valence-electron chi connectivity index (χ2n) is 7.78. The molecule has 36 heavy (non-hydrogen) atoms. The molecule has 0 saturated carbocycles. The van der Waals surface area contributed by atoms with Crippen LogP contribution < -0.4 is 10.1 Å². The summed E-state index contributed by atoms with van der Waals surface area (Å²) in [6, 6.07) is 4.96. The number of aromatic nitrogens is 3. The van der Waals surface area contributed by atoms with E-state index in [1.807, 2.05) is 4.57 Å². The van der Waals surface area contributed by atoms with Gasteiger partial charge in [-0.1, -0.05) is 41.0 Å². The van der Waals surface area contributed by atoms with E-state index in [0.29, 0.717) is 43.9 Å². The van der Waals surface area contributed by atoms with Crippen molar-refractivity contribution in [1.82, 2.24) is 14.8 Å². The zero-order valence-corrected chi connectivity index (χ0v) is 22.7. The van der Waals surface area contributed by atoms with Crippen molar-refractivity contribution in [3.8, 4) is 5.75 Å². The number of halogens is 2. The second-order valence-corrected chi connectivity index (χ2v) is 10.7. The summed E-state index contributed by atoms with van der Waals surface area (Å²) in [4.78, 5) is 26.5. The topological polar surface area (TPSA) is 95.3 Å². The van der Waals surface area contributed by atoms with Gasteiger partial charge in [0.2, 0.25) is 5.91 Å². The van der Waals surface area contributed by atoms with Gasteiger partial charge in [0.1, 0.15) is 17.4 Å². The van der Waals surface area contributed by atoms with Gasteiger partial charge >= 0.3 is 5.97 Å². The number of nitrogens with one attached hydrogen (secondary N) is 1. The van der Waals surface area contributed by atoms with E-state index >= 15 is 0 Å². The first-order valence-corrected chi connectivity index (χ1v) is 13.8. The highest BCUT2D eigenvalue weighted by Crippen LogP contribution is 2.39. The third kappa shape index (κ3) is 6.05. The molecule has 0 saturated heterocycles. The molecule has 0 fully saturated rings. The summed E-state index contributed by atoms with van der Waals surface area (Å²) in [5.74, 6) is 0.428. The number of esters is 1. The number of allylic oxidation sites excluding steroid dienone is 1. The van der Waals surface area contributed by atoms with Crippen molar-refractivity contribution in [3.05, 3.63) is 62.7 Å². The Morgan fingerprint density at radius 1 is 1.31 bits per heavy atom. The largest absolute Gasteiger partial charge is 0.484 e. The fourth-order valence-electron chi connectivity index (χ4n) is 3.78. The molecule has 8 nitrogen and oxygen atoms in total. The van der Waals surface area contributed by atoms with Crippen molar-refractivity contribution in [2.45, 2.75) is 44.5 Å². The number of carbonyl (C=O) groups excluding carboxylic acids is 2. The molecule has 2 heterocycles. The van der Waals surface area contributed by atoms with E-state index in [0.717, 1.165) is 29.7 Å². The molecule has 1 aliphatic carbocycles. The fraction of sp³-hybridized carbons (Fsp3) is 0.333. The minimum Gasteiger partial charge on any atom is -0.484 e. The summed E-state index contributed by atoms with van der Waals surface area (Å²) in [7, 11) is 0. The number of carbonyl (C=O) groups is 2. The molecular weight excluding hydrogens is 543 g/mol. The Hall–Kier alpha value is -2.53. The van der Waals surface area contributed by atoms with Crippen LogP contribution in [0.4, 0.5) is 5.00 Å². The van der Waals surface area contributed by atoms with E-state index in [2.05, 4.69) is 22.1 Å². The van der Waals surface area contributed by atoms with Gasteiger partial charge in [-0.15, -0.1) is 28.1 Å². The third-order valence-corrected chi connectivity index (χ3v) is 8.06. The van der Waals surface area contributed by atoms with Crippen LogP contribution in [0.15, 0.2) is 36.0 Å². The molecule has 0 bridgehead atoms. The first-order chi connectivity index (χ1) is 17.4. The maximum absolute atomic E-state index is 12.8. The lowest BCUT2D eigenvalue weighted by Gasteiger charge is -2.10. The maximum atomic E-state index is 12.8. The number of aryl methyl sites for hydroxylation is 1. The van der Waals surface area contributed by atoms with Crippen LogP contribution in [0.5, 0.6) is 5.75 Å². The Morgan fingerprint density at radius 3 is 2.92 bits per heavy atom. The minimum absolute atomic E-state index is 0.0844. The Kier molecular flexibility index (Phi) is 8.95. The zero-order valence-electron chi connectivity index (χ0n) is 19.5. The average Bonchev–Trinajstić information content (AvgIpc) is 3.53. The van der Waals surface area contributed by atoms with Gasteiger partial charge in [-0.25, -0.2) is 4.79 Å². The normalized spacial score (nSPS) is 12.3. The summed E-state index contributed by atoms with van der Waals surface area (Å²) in [5, 5.41) is 13.3. The molecular formula is C24H24Cl2N4O4S2. The van der Waals surface area contributed by atoms with Crippen LogP contribution in [0, 0.1) is 0 Å². The van der Waals surface area contributed by atoms with Crippen molar-refractivity contribution in [1.29, 1.82) is 0 Å². The fourth-order valence-corrected chi connectivity index (χ4v) is 6.17. The molecule has 12 heteroatoms. The number of anilines is 1. The number of amides is 1. The van der Waals surface area contributed by atoms with Crippen molar-refractivity contribution >= 4 is 63.2 Å². The predicted octanol–water partition coefficient (Wildman–Crippen LogP) is 5.81. The molecule has 0 aliphatic heterocycles. The molecule has 0 unspecified atom stereocenters. The molecule has 4 rings (SSSR count). The number of thioether (sulfide) groups is 1. The van der Waals surface area contributed by atoms with Crippen molar-refractivity contribution in [2.24, 2.45) is 0 Å². The standard InChI is InChI=1S/C24H24Cl2N4O4S2/c1-3-10-30-19(12-34-17-11-14(25)8-9-16(17)26)28-29-24(30)35-13-20(31)27-22-21(23(32)33-4-2)15-6-5-7-18(15)36-22/h3,8-9,11H,1,4-7,10,12-13H2,2H3,(H,27,31). The van der Waals surface area contributed by atoms with E-state index < -0.39 is 5.97 Å². The molecule has 1 aliphatic rings. The number of ether oxygens (including phenoxy) is 2. The molecule has 1 N–H and O–H groups in total. The van der Waals surface area contributed by atoms with Crippen LogP contribution in [0.3, 0.4) is 0 Å². The number of nitrogens with zero attached hydrogens (tertiary/aromatic N) is 3. The average molecular weight is 568 g/mol. The Morgan fingerprint density at radius 2 is 2.14 bits per heavy atom. The summed E-state index contributed by atoms with van der Waals surface area (Å²) in [6.07, 6.45) is 4.45. The third-order valence-electron chi connectivity index (χ3n) is 5.34. The summed E-state index contributed by atoms with van der Waals surface area (Å²) in [6.45, 7) is 6.38. The van der Waals surface area contributed by atoms with Crippen molar-refractivity contribution in [3.63, 3.8) is 0 Å².